The van der Waals surface area contributed by atoms with Gasteiger partial charge < -0.3 is 0 Å². The molecule has 0 aromatic carbocycles. The van der Waals surface area contributed by atoms with Crippen LogP contribution in [0.3, 0.4) is 0 Å². The van der Waals surface area contributed by atoms with Crippen LogP contribution >= 0.6 is 22.5 Å². The van der Waals surface area contributed by atoms with Gasteiger partial charge in [0.2, 0.25) is 22.5 Å². The van der Waals surface area contributed by atoms with Crippen LogP contribution in [0.2, 0.25) is 0 Å². The van der Waals surface area contributed by atoms with Crippen LogP contribution in [-0.2, 0) is 0 Å². The van der Waals surface area contributed by atoms with Gasteiger partial charge in [-0.05, 0) is 83.1 Å². The molecule has 0 atom stereocenters. The van der Waals surface area contributed by atoms with Crippen LogP contribution in [0.1, 0.15) is 83.1 Å². The maximum absolute atomic E-state index is 5.41. The fourth-order valence-electron chi connectivity index (χ4n) is 3.20. The fourth-order valence-corrected chi connectivity index (χ4v) is 16.1. The third-order valence-electron chi connectivity index (χ3n) is 3.41. The Morgan fingerprint density at radius 1 is 0.333 bits per heavy atom. The molecule has 1 aliphatic rings. The van der Waals surface area contributed by atoms with Crippen molar-refractivity contribution in [1.82, 2.24) is 30.5 Å². The summed E-state index contributed by atoms with van der Waals surface area (Å²) in [6.07, 6.45) is 0. The Morgan fingerprint density at radius 3 is 0.567 bits per heavy atom. The van der Waals surface area contributed by atoms with Crippen LogP contribution in [0.4, 0.5) is 0 Å². The van der Waals surface area contributed by atoms with Crippen molar-refractivity contribution in [1.29, 1.82) is 0 Å². The highest BCUT2D eigenvalue weighted by Gasteiger charge is 2.39. The average Bonchev–Trinajstić information content (AvgIpc) is 2.39. The molecule has 1 rings (SSSR count). The summed E-state index contributed by atoms with van der Waals surface area (Å²) in [5.41, 5.74) is 0. The molecule has 0 bridgehead atoms. The van der Waals surface area contributed by atoms with Gasteiger partial charge in [0.05, 0.1) is 0 Å². The van der Waals surface area contributed by atoms with Gasteiger partial charge in [-0.25, -0.2) is 0 Å². The lowest BCUT2D eigenvalue weighted by Crippen LogP contribution is -2.38. The normalized spacial score (nSPS) is 20.2. The van der Waals surface area contributed by atoms with E-state index in [0.717, 1.165) is 0 Å². The lowest BCUT2D eigenvalue weighted by Gasteiger charge is -2.41. The molecular weight excluding hydrogens is 435 g/mol. The Balaban J connectivity index is 4.00. The van der Waals surface area contributed by atoms with E-state index in [0.29, 0.717) is 0 Å². The summed E-state index contributed by atoms with van der Waals surface area (Å²) in [7, 11) is -7.40. The number of hydrogen-bond acceptors (Lipinski definition) is 9. The topological polar surface area (TPSA) is 109 Å². The standard InChI is InChI=1S/C18H48N9P3/c1-13(2)19-28(20-14(3)4)25-29(21-15(5)6,22-16(7)8)27-30(26-28,23-17(9)10)24-18(11)12/h13-24H,1-12H3. The number of nitrogens with one attached hydrogen (secondary N) is 6. The van der Waals surface area contributed by atoms with Gasteiger partial charge in [0, 0.05) is 36.3 Å². The summed E-state index contributed by atoms with van der Waals surface area (Å²) in [4.78, 5) is 0. The molecule has 0 spiro atoms. The molecule has 1 aliphatic heterocycles. The van der Waals surface area contributed by atoms with Gasteiger partial charge in [0.25, 0.3) is 0 Å². The molecule has 0 aliphatic carbocycles. The Labute approximate surface area is 186 Å². The Hall–Kier alpha value is 0.450. The van der Waals surface area contributed by atoms with Crippen LogP contribution in [0.5, 0.6) is 0 Å². The summed E-state index contributed by atoms with van der Waals surface area (Å²) in [6, 6.07) is 1.39. The zero-order valence-corrected chi connectivity index (χ0v) is 23.8. The SMILES string of the molecule is CC(C)NP1(NC(C)C)=NP(NC(C)C)(NC(C)C)=NP(NC(C)C)(NC(C)C)=N1. The molecule has 1 heterocycles. The zero-order valence-electron chi connectivity index (χ0n) is 21.1. The van der Waals surface area contributed by atoms with E-state index in [2.05, 4.69) is 114 Å². The first-order chi connectivity index (χ1) is 13.6. The zero-order chi connectivity index (χ0) is 23.3. The van der Waals surface area contributed by atoms with Gasteiger partial charge in [-0.2, -0.15) is 13.5 Å². The fraction of sp³-hybridized carbons (Fsp3) is 1.00. The van der Waals surface area contributed by atoms with Crippen LogP contribution in [0.15, 0.2) is 13.5 Å². The van der Waals surface area contributed by atoms with Gasteiger partial charge in [0.15, 0.2) is 0 Å². The lowest BCUT2D eigenvalue weighted by molar-refractivity contribution is 0.686. The van der Waals surface area contributed by atoms with Crippen molar-refractivity contribution in [3.8, 4) is 0 Å². The van der Waals surface area contributed by atoms with Gasteiger partial charge in [0.1, 0.15) is 0 Å². The quantitative estimate of drug-likeness (QED) is 0.195. The highest BCUT2D eigenvalue weighted by Crippen LogP contribution is 2.71. The van der Waals surface area contributed by atoms with E-state index in [9.17, 15) is 0 Å². The molecular formula is C18H48N9P3. The molecule has 0 aromatic rings. The van der Waals surface area contributed by atoms with Gasteiger partial charge in [-0.1, -0.05) is 0 Å². The number of hydrogen-bond donors (Lipinski definition) is 6. The monoisotopic (exact) mass is 483 g/mol. The number of rotatable bonds is 12. The molecule has 12 heteroatoms. The van der Waals surface area contributed by atoms with E-state index >= 15 is 0 Å². The first kappa shape index (κ1) is 28.5. The molecule has 0 unspecified atom stereocenters. The minimum Gasteiger partial charge on any atom is -0.251 e. The summed E-state index contributed by atoms with van der Waals surface area (Å²) in [5.74, 6) is 0. The predicted molar refractivity (Wildman–Crippen MR) is 138 cm³/mol. The maximum Gasteiger partial charge on any atom is 0.216 e. The molecule has 0 saturated heterocycles. The summed E-state index contributed by atoms with van der Waals surface area (Å²) >= 11 is 0. The van der Waals surface area contributed by atoms with Crippen molar-refractivity contribution in [3.05, 3.63) is 0 Å². The van der Waals surface area contributed by atoms with Crippen molar-refractivity contribution in [2.24, 2.45) is 13.5 Å². The smallest absolute Gasteiger partial charge is 0.216 e. The summed E-state index contributed by atoms with van der Waals surface area (Å²) in [6.45, 7) is 25.8. The van der Waals surface area contributed by atoms with Crippen molar-refractivity contribution in [3.63, 3.8) is 0 Å². The molecule has 0 aromatic heterocycles. The molecule has 30 heavy (non-hydrogen) atoms. The average molecular weight is 484 g/mol. The van der Waals surface area contributed by atoms with Crippen LogP contribution in [-0.4, -0.2) is 36.3 Å². The lowest BCUT2D eigenvalue weighted by atomic mass is 10.4. The van der Waals surface area contributed by atoms with E-state index in [1.165, 1.54) is 0 Å². The molecule has 0 amide bonds. The highest BCUT2D eigenvalue weighted by atomic mass is 31.3. The molecule has 0 fully saturated rings. The Bertz CT molecular complexity index is 558. The first-order valence-corrected chi connectivity index (χ1v) is 16.3. The van der Waals surface area contributed by atoms with Crippen LogP contribution in [0, 0.1) is 0 Å². The molecule has 0 saturated carbocycles. The van der Waals surface area contributed by atoms with Crippen molar-refractivity contribution in [2.45, 2.75) is 119 Å². The number of nitrogens with zero attached hydrogens (tertiary/aromatic N) is 3. The third kappa shape index (κ3) is 9.13. The molecule has 9 nitrogen and oxygen atoms in total. The minimum atomic E-state index is -2.47. The largest absolute Gasteiger partial charge is 0.251 e. The van der Waals surface area contributed by atoms with Crippen molar-refractivity contribution < 1.29 is 0 Å². The summed E-state index contributed by atoms with van der Waals surface area (Å²) in [5, 5.41) is 22.4. The van der Waals surface area contributed by atoms with E-state index in [4.69, 9.17) is 13.5 Å². The van der Waals surface area contributed by atoms with E-state index in [-0.39, 0.29) is 36.3 Å². The Kier molecular flexibility index (Phi) is 11.0. The third-order valence-corrected chi connectivity index (χ3v) is 14.9. The summed E-state index contributed by atoms with van der Waals surface area (Å²) < 4.78 is 16.2. The van der Waals surface area contributed by atoms with Gasteiger partial charge >= 0.3 is 0 Å². The van der Waals surface area contributed by atoms with E-state index < -0.39 is 22.5 Å². The minimum absolute atomic E-state index is 0.232. The first-order valence-electron chi connectivity index (χ1n) is 11.2. The van der Waals surface area contributed by atoms with Gasteiger partial charge in [-0.3, -0.25) is 30.5 Å². The molecule has 6 N–H and O–H groups in total. The van der Waals surface area contributed by atoms with Crippen molar-refractivity contribution >= 4 is 22.5 Å². The molecule has 0 radical (unpaired) electrons. The van der Waals surface area contributed by atoms with Crippen LogP contribution in [0.25, 0.3) is 0 Å². The second-order valence-corrected chi connectivity index (χ2v) is 17.1. The van der Waals surface area contributed by atoms with Crippen molar-refractivity contribution in [2.75, 3.05) is 0 Å². The highest BCUT2D eigenvalue weighted by molar-refractivity contribution is 7.83. The molecule has 180 valence electrons. The van der Waals surface area contributed by atoms with Gasteiger partial charge in [-0.15, -0.1) is 0 Å². The predicted octanol–water partition coefficient (Wildman–Crippen LogP) is 5.83. The van der Waals surface area contributed by atoms with E-state index in [1.807, 2.05) is 0 Å². The maximum atomic E-state index is 5.41. The van der Waals surface area contributed by atoms with Crippen LogP contribution < -0.4 is 30.5 Å². The Morgan fingerprint density at radius 2 is 0.467 bits per heavy atom. The second kappa shape index (κ2) is 11.5. The van der Waals surface area contributed by atoms with E-state index in [1.54, 1.807) is 0 Å². The second-order valence-electron chi connectivity index (χ2n) is 9.77.